The highest BCUT2D eigenvalue weighted by molar-refractivity contribution is 6.14. The minimum Gasteiger partial charge on any atom is -0.421 e. The average Bonchev–Trinajstić information content (AvgIpc) is 2.89. The maximum absolute atomic E-state index is 13.4. The second-order valence-corrected chi connectivity index (χ2v) is 7.73. The summed E-state index contributed by atoms with van der Waals surface area (Å²) in [7, 11) is 0. The molecule has 4 heteroatoms. The van der Waals surface area contributed by atoms with Crippen LogP contribution in [0.1, 0.15) is 11.1 Å². The zero-order valence-corrected chi connectivity index (χ0v) is 18.2. The first-order valence-electron chi connectivity index (χ1n) is 10.9. The van der Waals surface area contributed by atoms with Crippen LogP contribution < -0.4 is 5.63 Å². The van der Waals surface area contributed by atoms with E-state index in [-0.39, 0.29) is 11.5 Å². The lowest BCUT2D eigenvalue weighted by molar-refractivity contribution is 0.528. The van der Waals surface area contributed by atoms with Crippen LogP contribution in [-0.4, -0.2) is 5.71 Å². The second kappa shape index (κ2) is 9.51. The molecule has 0 aliphatic carbocycles. The second-order valence-electron chi connectivity index (χ2n) is 7.73. The third-order valence-corrected chi connectivity index (χ3v) is 5.46. The Labute approximate surface area is 196 Å². The lowest BCUT2D eigenvalue weighted by Gasteiger charge is -2.11. The van der Waals surface area contributed by atoms with Crippen molar-refractivity contribution >= 4 is 11.4 Å². The molecule has 0 saturated carbocycles. The summed E-state index contributed by atoms with van der Waals surface area (Å²) < 4.78 is 19.1. The molecule has 4 aromatic carbocycles. The van der Waals surface area contributed by atoms with Gasteiger partial charge in [-0.15, -0.1) is 0 Å². The predicted molar refractivity (Wildman–Crippen MR) is 134 cm³/mol. The van der Waals surface area contributed by atoms with Gasteiger partial charge in [0.25, 0.3) is 0 Å². The smallest absolute Gasteiger partial charge is 0.363 e. The SMILES string of the molecule is O=c1oc(-c2ccc(F)cc2)cc(-c2ccccc2)c1N=C(c1ccccc1)c1ccccc1. The van der Waals surface area contributed by atoms with Crippen molar-refractivity contribution in [1.29, 1.82) is 0 Å². The quantitative estimate of drug-likeness (QED) is 0.267. The maximum Gasteiger partial charge on any atom is 0.363 e. The molecule has 1 heterocycles. The number of nitrogens with zero attached hydrogens (tertiary/aromatic N) is 1. The molecule has 0 aliphatic rings. The zero-order valence-electron chi connectivity index (χ0n) is 18.2. The van der Waals surface area contributed by atoms with Crippen molar-refractivity contribution in [3.63, 3.8) is 0 Å². The van der Waals surface area contributed by atoms with Crippen molar-refractivity contribution in [2.24, 2.45) is 4.99 Å². The van der Waals surface area contributed by atoms with E-state index in [1.807, 2.05) is 91.0 Å². The normalized spacial score (nSPS) is 10.6. The fourth-order valence-electron chi connectivity index (χ4n) is 3.79. The van der Waals surface area contributed by atoms with Crippen molar-refractivity contribution in [1.82, 2.24) is 0 Å². The van der Waals surface area contributed by atoms with E-state index in [1.165, 1.54) is 12.1 Å². The first-order chi connectivity index (χ1) is 16.7. The third-order valence-electron chi connectivity index (χ3n) is 5.46. The molecule has 0 bridgehead atoms. The summed E-state index contributed by atoms with van der Waals surface area (Å²) >= 11 is 0. The third kappa shape index (κ3) is 4.48. The molecule has 0 amide bonds. The van der Waals surface area contributed by atoms with E-state index in [1.54, 1.807) is 18.2 Å². The first kappa shape index (κ1) is 21.3. The summed E-state index contributed by atoms with van der Waals surface area (Å²) in [5, 5.41) is 0. The van der Waals surface area contributed by atoms with Crippen molar-refractivity contribution < 1.29 is 8.81 Å². The van der Waals surface area contributed by atoms with E-state index in [4.69, 9.17) is 9.41 Å². The number of hydrogen-bond donors (Lipinski definition) is 0. The summed E-state index contributed by atoms with van der Waals surface area (Å²) in [6.07, 6.45) is 0. The molecule has 34 heavy (non-hydrogen) atoms. The number of rotatable bonds is 5. The highest BCUT2D eigenvalue weighted by Gasteiger charge is 2.17. The fraction of sp³-hybridized carbons (Fsp3) is 0. The summed E-state index contributed by atoms with van der Waals surface area (Å²) in [6.45, 7) is 0. The maximum atomic E-state index is 13.4. The van der Waals surface area contributed by atoms with E-state index in [0.29, 0.717) is 22.6 Å². The van der Waals surface area contributed by atoms with E-state index < -0.39 is 5.63 Å². The molecule has 164 valence electrons. The van der Waals surface area contributed by atoms with Gasteiger partial charge in [0.05, 0.1) is 5.71 Å². The molecule has 5 aromatic rings. The van der Waals surface area contributed by atoms with Crippen LogP contribution >= 0.6 is 0 Å². The Balaban J connectivity index is 1.76. The standard InChI is InChI=1S/C30H20FNO2/c31-25-18-16-22(17-19-25)27-20-26(21-10-4-1-5-11-21)29(30(33)34-27)32-28(23-12-6-2-7-13-23)24-14-8-3-9-15-24/h1-20H. The van der Waals surface area contributed by atoms with E-state index in [2.05, 4.69) is 0 Å². The Hall–Kier alpha value is -4.57. The van der Waals surface area contributed by atoms with Gasteiger partial charge in [0.1, 0.15) is 11.6 Å². The summed E-state index contributed by atoms with van der Waals surface area (Å²) in [6, 6.07) is 36.7. The molecule has 3 nitrogen and oxygen atoms in total. The lowest BCUT2D eigenvalue weighted by atomic mass is 10.0. The Bertz CT molecular complexity index is 1450. The van der Waals surface area contributed by atoms with Crippen LogP contribution in [0.3, 0.4) is 0 Å². The van der Waals surface area contributed by atoms with Gasteiger partial charge < -0.3 is 4.42 Å². The predicted octanol–water partition coefficient (Wildman–Crippen LogP) is 7.28. The van der Waals surface area contributed by atoms with E-state index in [9.17, 15) is 9.18 Å². The van der Waals surface area contributed by atoms with E-state index in [0.717, 1.165) is 16.7 Å². The highest BCUT2D eigenvalue weighted by Crippen LogP contribution is 2.33. The van der Waals surface area contributed by atoms with E-state index >= 15 is 0 Å². The molecule has 0 atom stereocenters. The Morgan fingerprint density at radius 3 is 1.74 bits per heavy atom. The molecule has 1 aromatic heterocycles. The fourth-order valence-corrected chi connectivity index (χ4v) is 3.79. The largest absolute Gasteiger partial charge is 0.421 e. The van der Waals surface area contributed by atoms with Gasteiger partial charge in [-0.2, -0.15) is 0 Å². The molecule has 5 rings (SSSR count). The minimum absolute atomic E-state index is 0.208. The average molecular weight is 445 g/mol. The van der Waals surface area contributed by atoms with Gasteiger partial charge >= 0.3 is 5.63 Å². The van der Waals surface area contributed by atoms with Crippen LogP contribution in [0.25, 0.3) is 22.5 Å². The molecule has 0 fully saturated rings. The van der Waals surface area contributed by atoms with Gasteiger partial charge in [0.15, 0.2) is 5.69 Å². The van der Waals surface area contributed by atoms with Crippen LogP contribution in [0.15, 0.2) is 136 Å². The Morgan fingerprint density at radius 1 is 0.647 bits per heavy atom. The molecule has 0 aliphatic heterocycles. The Kier molecular flexibility index (Phi) is 5.95. The summed E-state index contributed by atoms with van der Waals surface area (Å²) in [4.78, 5) is 18.2. The van der Waals surface area contributed by atoms with Gasteiger partial charge in [0.2, 0.25) is 0 Å². The van der Waals surface area contributed by atoms with Crippen molar-refractivity contribution in [3.05, 3.63) is 149 Å². The van der Waals surface area contributed by atoms with Gasteiger partial charge in [-0.3, -0.25) is 0 Å². The van der Waals surface area contributed by atoms with Crippen molar-refractivity contribution in [3.8, 4) is 22.5 Å². The first-order valence-corrected chi connectivity index (χ1v) is 10.9. The number of halogens is 1. The number of benzene rings is 4. The van der Waals surface area contributed by atoms with Gasteiger partial charge in [0, 0.05) is 22.3 Å². The molecular weight excluding hydrogens is 425 g/mol. The zero-order chi connectivity index (χ0) is 23.3. The van der Waals surface area contributed by atoms with Crippen molar-refractivity contribution in [2.75, 3.05) is 0 Å². The van der Waals surface area contributed by atoms with Gasteiger partial charge in [-0.05, 0) is 35.9 Å². The van der Waals surface area contributed by atoms with Crippen LogP contribution in [0.5, 0.6) is 0 Å². The lowest BCUT2D eigenvalue weighted by Crippen LogP contribution is -2.07. The molecule has 0 radical (unpaired) electrons. The molecule has 0 saturated heterocycles. The van der Waals surface area contributed by atoms with Crippen LogP contribution in [0.4, 0.5) is 10.1 Å². The van der Waals surface area contributed by atoms with Crippen LogP contribution in [-0.2, 0) is 0 Å². The summed E-state index contributed by atoms with van der Waals surface area (Å²) in [5.74, 6) is -0.00487. The van der Waals surface area contributed by atoms with Crippen molar-refractivity contribution in [2.45, 2.75) is 0 Å². The molecule has 0 unspecified atom stereocenters. The molecule has 0 spiro atoms. The highest BCUT2D eigenvalue weighted by atomic mass is 19.1. The van der Waals surface area contributed by atoms with Crippen LogP contribution in [0, 0.1) is 5.82 Å². The monoisotopic (exact) mass is 445 g/mol. The molecular formula is C30H20FNO2. The van der Waals surface area contributed by atoms with Gasteiger partial charge in [-0.25, -0.2) is 14.2 Å². The summed E-state index contributed by atoms with van der Waals surface area (Å²) in [5.41, 5.74) is 4.16. The Morgan fingerprint density at radius 2 is 1.18 bits per heavy atom. The molecule has 0 N–H and O–H groups in total. The van der Waals surface area contributed by atoms with Crippen LogP contribution in [0.2, 0.25) is 0 Å². The minimum atomic E-state index is -0.565. The van der Waals surface area contributed by atoms with Gasteiger partial charge in [-0.1, -0.05) is 91.0 Å². The number of aliphatic imine (C=N–C) groups is 1. The topological polar surface area (TPSA) is 42.6 Å². The number of hydrogen-bond acceptors (Lipinski definition) is 3.